The largest absolute Gasteiger partial charge is 0.368 e. The van der Waals surface area contributed by atoms with Crippen LogP contribution in [0, 0.1) is 13.8 Å². The molecule has 194 valence electrons. The van der Waals surface area contributed by atoms with E-state index in [9.17, 15) is 8.42 Å². The molecule has 6 heteroatoms. The lowest BCUT2D eigenvalue weighted by atomic mass is 9.79. The molecule has 6 rings (SSSR count). The summed E-state index contributed by atoms with van der Waals surface area (Å²) in [7, 11) is -3.44. The van der Waals surface area contributed by atoms with Crippen LogP contribution in [0.25, 0.3) is 22.1 Å². The first-order chi connectivity index (χ1) is 18.5. The molecule has 2 aromatic carbocycles. The van der Waals surface area contributed by atoms with Gasteiger partial charge in [0.2, 0.25) is 0 Å². The highest BCUT2D eigenvalue weighted by Crippen LogP contribution is 2.41. The Morgan fingerprint density at radius 3 is 2.39 bits per heavy atom. The minimum absolute atomic E-state index is 0.0394. The third-order valence-electron chi connectivity index (χ3n) is 7.11. The topological polar surface area (TPSA) is 72.2 Å². The maximum absolute atomic E-state index is 13.3. The Hall–Kier alpha value is -3.90. The fraction of sp³-hybridized carbons (Fsp3) is 0.219. The molecule has 0 unspecified atom stereocenters. The van der Waals surface area contributed by atoms with Crippen molar-refractivity contribution in [2.45, 2.75) is 39.5 Å². The average Bonchev–Trinajstić information content (AvgIpc) is 3.12. The lowest BCUT2D eigenvalue weighted by Gasteiger charge is -2.27. The Morgan fingerprint density at radius 1 is 0.895 bits per heavy atom. The summed E-state index contributed by atoms with van der Waals surface area (Å²) in [5.41, 5.74) is 8.95. The van der Waals surface area contributed by atoms with Gasteiger partial charge in [0.1, 0.15) is 5.76 Å². The number of hydrogen-bond donors (Lipinski definition) is 1. The highest BCUT2D eigenvalue weighted by Gasteiger charge is 2.28. The van der Waals surface area contributed by atoms with Gasteiger partial charge in [-0.05, 0) is 85.1 Å². The molecule has 38 heavy (non-hydrogen) atoms. The van der Waals surface area contributed by atoms with Crippen molar-refractivity contribution in [2.24, 2.45) is 0 Å². The first-order valence-corrected chi connectivity index (χ1v) is 14.6. The minimum atomic E-state index is -3.44. The van der Waals surface area contributed by atoms with Gasteiger partial charge in [-0.3, -0.25) is 0 Å². The van der Waals surface area contributed by atoms with Gasteiger partial charge < -0.3 is 9.84 Å². The Kier molecular flexibility index (Phi) is 7.61. The van der Waals surface area contributed by atoms with Crippen LogP contribution < -0.4 is 5.32 Å². The van der Waals surface area contributed by atoms with Crippen molar-refractivity contribution >= 4 is 20.8 Å². The number of hydrogen-bond acceptors (Lipinski definition) is 5. The van der Waals surface area contributed by atoms with Crippen LogP contribution in [0.3, 0.4) is 0 Å². The van der Waals surface area contributed by atoms with Crippen molar-refractivity contribution in [3.8, 4) is 11.1 Å². The van der Waals surface area contributed by atoms with Gasteiger partial charge in [-0.1, -0.05) is 71.9 Å². The zero-order valence-electron chi connectivity index (χ0n) is 21.8. The van der Waals surface area contributed by atoms with Crippen molar-refractivity contribution in [3.05, 3.63) is 125 Å². The number of benzene rings is 2. The highest BCUT2D eigenvalue weighted by atomic mass is 32.2. The molecule has 1 N–H and O–H groups in total. The van der Waals surface area contributed by atoms with Crippen molar-refractivity contribution in [1.29, 1.82) is 0 Å². The van der Waals surface area contributed by atoms with Crippen LogP contribution >= 0.6 is 0 Å². The van der Waals surface area contributed by atoms with Gasteiger partial charge >= 0.3 is 0 Å². The van der Waals surface area contributed by atoms with Gasteiger partial charge in [0.15, 0.2) is 9.84 Å². The standard InChI is InChI=1S/C26H25NO3S.C6H7N/c1-17-20(18(2)30-27-17)10-6-16-31(28,29)26-11-5-9-22-24-13-12-19-7-3-4-8-21(19)23(24)14-15-25(22)26;1-2-4-6-7-5-3-1/h3-4,6-8,10-11,14-15H,5,9,12-13,16H2,1-2H3;1-7H. The summed E-state index contributed by atoms with van der Waals surface area (Å²) < 4.78 is 31.7. The van der Waals surface area contributed by atoms with E-state index in [2.05, 4.69) is 40.8 Å². The van der Waals surface area contributed by atoms with Gasteiger partial charge in [-0.25, -0.2) is 8.42 Å². The smallest absolute Gasteiger partial charge is 0.182 e. The summed E-state index contributed by atoms with van der Waals surface area (Å²) in [5, 5.41) is 6.84. The fourth-order valence-corrected chi connectivity index (χ4v) is 6.70. The summed E-state index contributed by atoms with van der Waals surface area (Å²) in [6.07, 6.45) is 20.6. The first kappa shape index (κ1) is 25.7. The van der Waals surface area contributed by atoms with Gasteiger partial charge in [0.05, 0.1) is 16.4 Å². The second-order valence-electron chi connectivity index (χ2n) is 9.57. The number of allylic oxidation sites excluding steroid dienone is 5. The lowest BCUT2D eigenvalue weighted by Crippen LogP contribution is -2.15. The molecule has 0 spiro atoms. The van der Waals surface area contributed by atoms with E-state index in [-0.39, 0.29) is 5.75 Å². The number of nitrogens with one attached hydrogen (secondary N) is 1. The molecule has 0 saturated carbocycles. The third-order valence-corrected chi connectivity index (χ3v) is 8.80. The van der Waals surface area contributed by atoms with E-state index in [0.29, 0.717) is 10.7 Å². The average molecular weight is 525 g/mol. The molecule has 0 radical (unpaired) electrons. The van der Waals surface area contributed by atoms with Gasteiger partial charge in [-0.2, -0.15) is 0 Å². The number of fused-ring (bicyclic) bond motifs is 5. The molecule has 0 bridgehead atoms. The molecule has 1 aliphatic heterocycles. The van der Waals surface area contributed by atoms with Crippen LogP contribution in [0.1, 0.15) is 45.7 Å². The van der Waals surface area contributed by atoms with Crippen molar-refractivity contribution < 1.29 is 12.9 Å². The number of aromatic nitrogens is 1. The quantitative estimate of drug-likeness (QED) is 0.414. The SMILES string of the molecule is C1=CC=CNC=C1.Cc1noc(C)c1C=CCS(=O)(=O)C1=CCCc2c1ccc1c2CCc2ccccc2-1. The van der Waals surface area contributed by atoms with Crippen LogP contribution in [0.4, 0.5) is 0 Å². The molecule has 0 fully saturated rings. The minimum Gasteiger partial charge on any atom is -0.368 e. The van der Waals surface area contributed by atoms with E-state index in [1.807, 2.05) is 62.7 Å². The van der Waals surface area contributed by atoms with Crippen molar-refractivity contribution in [2.75, 3.05) is 5.75 Å². The van der Waals surface area contributed by atoms with Gasteiger partial charge in [0, 0.05) is 18.0 Å². The zero-order valence-corrected chi connectivity index (χ0v) is 22.6. The van der Waals surface area contributed by atoms with Crippen LogP contribution in [0.5, 0.6) is 0 Å². The Morgan fingerprint density at radius 2 is 1.63 bits per heavy atom. The number of rotatable bonds is 4. The molecular formula is C32H32N2O3S. The maximum Gasteiger partial charge on any atom is 0.182 e. The predicted molar refractivity (Wildman–Crippen MR) is 155 cm³/mol. The van der Waals surface area contributed by atoms with Crippen molar-refractivity contribution in [1.82, 2.24) is 10.5 Å². The molecule has 0 amide bonds. The van der Waals surface area contributed by atoms with Crippen LogP contribution in [0.15, 0.2) is 89.8 Å². The third kappa shape index (κ3) is 5.36. The summed E-state index contributed by atoms with van der Waals surface area (Å²) in [5.74, 6) is 0.655. The number of aryl methyl sites for hydroxylation is 3. The van der Waals surface area contributed by atoms with E-state index in [4.69, 9.17) is 4.52 Å². The predicted octanol–water partition coefficient (Wildman–Crippen LogP) is 6.65. The van der Waals surface area contributed by atoms with E-state index in [1.165, 1.54) is 27.8 Å². The molecule has 3 aromatic rings. The Labute approximate surface area is 224 Å². The van der Waals surface area contributed by atoms with E-state index in [1.54, 1.807) is 12.2 Å². The van der Waals surface area contributed by atoms with E-state index >= 15 is 0 Å². The molecule has 5 nitrogen and oxygen atoms in total. The Balaban J connectivity index is 0.000000366. The maximum atomic E-state index is 13.3. The second-order valence-corrected chi connectivity index (χ2v) is 11.6. The van der Waals surface area contributed by atoms with Crippen LogP contribution in [0.2, 0.25) is 0 Å². The summed E-state index contributed by atoms with van der Waals surface area (Å²) in [6.45, 7) is 3.68. The first-order valence-electron chi connectivity index (χ1n) is 13.0. The van der Waals surface area contributed by atoms with Gasteiger partial charge in [-0.15, -0.1) is 0 Å². The van der Waals surface area contributed by atoms with Crippen LogP contribution in [-0.2, 0) is 29.1 Å². The van der Waals surface area contributed by atoms with Crippen molar-refractivity contribution in [3.63, 3.8) is 0 Å². The highest BCUT2D eigenvalue weighted by molar-refractivity contribution is 8.00. The monoisotopic (exact) mass is 524 g/mol. The van der Waals surface area contributed by atoms with Crippen LogP contribution in [-0.4, -0.2) is 19.3 Å². The molecule has 1 aromatic heterocycles. The molecule has 3 aliphatic rings. The van der Waals surface area contributed by atoms with Gasteiger partial charge in [0.25, 0.3) is 0 Å². The van der Waals surface area contributed by atoms with E-state index < -0.39 is 9.84 Å². The summed E-state index contributed by atoms with van der Waals surface area (Å²) >= 11 is 0. The molecule has 2 aliphatic carbocycles. The molecular weight excluding hydrogens is 492 g/mol. The Bertz CT molecular complexity index is 1570. The fourth-order valence-electron chi connectivity index (χ4n) is 5.28. The number of sulfone groups is 1. The zero-order chi connectivity index (χ0) is 26.5. The summed E-state index contributed by atoms with van der Waals surface area (Å²) in [4.78, 5) is 0.471. The number of nitrogens with zero attached hydrogens (tertiary/aromatic N) is 1. The molecule has 0 saturated heterocycles. The van der Waals surface area contributed by atoms with E-state index in [0.717, 1.165) is 42.5 Å². The second kappa shape index (κ2) is 11.2. The summed E-state index contributed by atoms with van der Waals surface area (Å²) in [6, 6.07) is 12.7. The molecule has 0 atom stereocenters. The lowest BCUT2D eigenvalue weighted by molar-refractivity contribution is 0.393. The molecule has 2 heterocycles. The normalized spacial score (nSPS) is 15.5.